The van der Waals surface area contributed by atoms with Crippen LogP contribution in [0, 0.1) is 0 Å². The van der Waals surface area contributed by atoms with Crippen LogP contribution >= 0.6 is 0 Å². The molecule has 124 valence electrons. The lowest BCUT2D eigenvalue weighted by molar-refractivity contribution is -0.894. The van der Waals surface area contributed by atoms with Gasteiger partial charge in [0.1, 0.15) is 13.2 Å². The van der Waals surface area contributed by atoms with Crippen LogP contribution in [0.3, 0.4) is 0 Å². The number of methoxy groups -OCH3 is 1. The van der Waals surface area contributed by atoms with Gasteiger partial charge in [0.15, 0.2) is 11.5 Å². The molecule has 3 heteroatoms. The monoisotopic (exact) mass is 314 g/mol. The summed E-state index contributed by atoms with van der Waals surface area (Å²) in [5, 5.41) is 0. The molecule has 0 spiro atoms. The van der Waals surface area contributed by atoms with Crippen LogP contribution in [0.15, 0.2) is 48.5 Å². The van der Waals surface area contributed by atoms with Gasteiger partial charge in [-0.25, -0.2) is 0 Å². The van der Waals surface area contributed by atoms with E-state index in [9.17, 15) is 0 Å². The van der Waals surface area contributed by atoms with Gasteiger partial charge in [0.2, 0.25) is 0 Å². The van der Waals surface area contributed by atoms with E-state index < -0.39 is 0 Å². The summed E-state index contributed by atoms with van der Waals surface area (Å²) in [5.74, 6) is 1.60. The summed E-state index contributed by atoms with van der Waals surface area (Å²) in [4.78, 5) is 1.52. The summed E-state index contributed by atoms with van der Waals surface area (Å²) in [5.41, 5.74) is 2.44. The lowest BCUT2D eigenvalue weighted by atomic mass is 10.2. The topological polar surface area (TPSA) is 22.9 Å². The molecule has 0 saturated carbocycles. The van der Waals surface area contributed by atoms with Crippen LogP contribution in [-0.2, 0) is 13.2 Å². The highest BCUT2D eigenvalue weighted by Crippen LogP contribution is 2.28. The van der Waals surface area contributed by atoms with Gasteiger partial charge >= 0.3 is 0 Å². The van der Waals surface area contributed by atoms with Crippen molar-refractivity contribution in [2.75, 3.05) is 20.7 Å². The molecule has 0 aliphatic heterocycles. The van der Waals surface area contributed by atoms with E-state index in [4.69, 9.17) is 9.47 Å². The molecular formula is C20H28NO2+. The zero-order valence-corrected chi connectivity index (χ0v) is 14.5. The molecule has 2 rings (SSSR count). The Balaban J connectivity index is 1.98. The fraction of sp³-hybridized carbons (Fsp3) is 0.400. The number of hydrogen-bond acceptors (Lipinski definition) is 2. The van der Waals surface area contributed by atoms with Gasteiger partial charge in [0, 0.05) is 5.56 Å². The maximum Gasteiger partial charge on any atom is 0.161 e. The van der Waals surface area contributed by atoms with Crippen LogP contribution in [0.2, 0.25) is 0 Å². The predicted molar refractivity (Wildman–Crippen MR) is 94.1 cm³/mol. The highest BCUT2D eigenvalue weighted by Gasteiger charge is 2.09. The molecule has 0 bridgehead atoms. The van der Waals surface area contributed by atoms with Gasteiger partial charge in [-0.1, -0.05) is 43.7 Å². The van der Waals surface area contributed by atoms with Gasteiger partial charge in [-0.3, -0.25) is 0 Å². The van der Waals surface area contributed by atoms with E-state index >= 15 is 0 Å². The zero-order chi connectivity index (χ0) is 16.5. The van der Waals surface area contributed by atoms with E-state index in [1.807, 2.05) is 24.3 Å². The minimum absolute atomic E-state index is 0.554. The summed E-state index contributed by atoms with van der Waals surface area (Å²) in [7, 11) is 3.93. The predicted octanol–water partition coefficient (Wildman–Crippen LogP) is 3.09. The minimum Gasteiger partial charge on any atom is -0.493 e. The third-order valence-electron chi connectivity index (χ3n) is 3.93. The normalized spacial score (nSPS) is 12.0. The molecule has 0 aliphatic rings. The van der Waals surface area contributed by atoms with Crippen molar-refractivity contribution in [3.05, 3.63) is 59.7 Å². The van der Waals surface area contributed by atoms with Crippen LogP contribution in [0.1, 0.15) is 30.9 Å². The molecule has 0 heterocycles. The Morgan fingerprint density at radius 3 is 2.43 bits per heavy atom. The first-order valence-electron chi connectivity index (χ1n) is 8.38. The highest BCUT2D eigenvalue weighted by molar-refractivity contribution is 5.42. The molecule has 0 aromatic heterocycles. The first-order chi connectivity index (χ1) is 11.2. The number of unbranched alkanes of at least 4 members (excludes halogenated alkanes) is 1. The number of rotatable bonds is 9. The van der Waals surface area contributed by atoms with Crippen molar-refractivity contribution in [1.82, 2.24) is 0 Å². The van der Waals surface area contributed by atoms with Crippen molar-refractivity contribution in [3.8, 4) is 11.5 Å². The van der Waals surface area contributed by atoms with Crippen LogP contribution in [-0.4, -0.2) is 20.7 Å². The van der Waals surface area contributed by atoms with Gasteiger partial charge < -0.3 is 14.4 Å². The standard InChI is InChI=1S/C20H27NO2/c1-4-5-13-21(2)15-18-11-12-19(20(14-18)22-3)23-16-17-9-7-6-8-10-17/h6-12,14H,4-5,13,15-16H2,1-3H3/p+1. The second-order valence-corrected chi connectivity index (χ2v) is 6.00. The third-order valence-corrected chi connectivity index (χ3v) is 3.93. The molecule has 1 N–H and O–H groups in total. The summed E-state index contributed by atoms with van der Waals surface area (Å²) in [6.45, 7) is 4.99. The molecule has 0 fully saturated rings. The van der Waals surface area contributed by atoms with E-state index in [1.165, 1.54) is 29.8 Å². The van der Waals surface area contributed by atoms with E-state index in [2.05, 4.69) is 38.2 Å². The van der Waals surface area contributed by atoms with E-state index in [0.717, 1.165) is 23.6 Å². The van der Waals surface area contributed by atoms with Crippen LogP contribution in [0.25, 0.3) is 0 Å². The molecule has 3 nitrogen and oxygen atoms in total. The first kappa shape index (κ1) is 17.4. The summed E-state index contributed by atoms with van der Waals surface area (Å²) in [6, 6.07) is 16.4. The average Bonchev–Trinajstić information content (AvgIpc) is 2.59. The number of benzene rings is 2. The third kappa shape index (κ3) is 5.61. The molecule has 2 aromatic rings. The minimum atomic E-state index is 0.554. The Labute approximate surface area is 139 Å². The Bertz CT molecular complexity index is 583. The summed E-state index contributed by atoms with van der Waals surface area (Å²) in [6.07, 6.45) is 2.51. The van der Waals surface area contributed by atoms with E-state index in [-0.39, 0.29) is 0 Å². The van der Waals surface area contributed by atoms with Crippen molar-refractivity contribution >= 4 is 0 Å². The number of ether oxygens (including phenoxy) is 2. The van der Waals surface area contributed by atoms with Crippen LogP contribution in [0.5, 0.6) is 11.5 Å². The smallest absolute Gasteiger partial charge is 0.161 e. The second-order valence-electron chi connectivity index (χ2n) is 6.00. The quantitative estimate of drug-likeness (QED) is 0.768. The summed E-state index contributed by atoms with van der Waals surface area (Å²) >= 11 is 0. The number of quaternary nitrogens is 1. The van der Waals surface area contributed by atoms with Gasteiger partial charge in [0.25, 0.3) is 0 Å². The molecule has 23 heavy (non-hydrogen) atoms. The largest absolute Gasteiger partial charge is 0.493 e. The molecule has 1 unspecified atom stereocenters. The van der Waals surface area contributed by atoms with Gasteiger partial charge in [0.05, 0.1) is 20.7 Å². The van der Waals surface area contributed by atoms with Crippen LogP contribution in [0.4, 0.5) is 0 Å². The maximum absolute atomic E-state index is 5.91. The molecule has 0 saturated heterocycles. The molecule has 1 atom stereocenters. The second kappa shape index (κ2) is 9.21. The number of nitrogens with one attached hydrogen (secondary N) is 1. The SMILES string of the molecule is CCCC[NH+](C)Cc1ccc(OCc2ccccc2)c(OC)c1. The van der Waals surface area contributed by atoms with Crippen molar-refractivity contribution in [2.24, 2.45) is 0 Å². The van der Waals surface area contributed by atoms with Gasteiger partial charge in [-0.15, -0.1) is 0 Å². The van der Waals surface area contributed by atoms with Crippen molar-refractivity contribution in [1.29, 1.82) is 0 Å². The first-order valence-corrected chi connectivity index (χ1v) is 8.38. The summed E-state index contributed by atoms with van der Waals surface area (Å²) < 4.78 is 11.4. The van der Waals surface area contributed by atoms with Crippen molar-refractivity contribution in [2.45, 2.75) is 32.9 Å². The molecule has 0 aliphatic carbocycles. The molecular weight excluding hydrogens is 286 g/mol. The van der Waals surface area contributed by atoms with Gasteiger partial charge in [-0.05, 0) is 30.2 Å². The Morgan fingerprint density at radius 1 is 0.957 bits per heavy atom. The fourth-order valence-corrected chi connectivity index (χ4v) is 2.59. The zero-order valence-electron chi connectivity index (χ0n) is 14.5. The lowest BCUT2D eigenvalue weighted by Crippen LogP contribution is -3.07. The fourth-order valence-electron chi connectivity index (χ4n) is 2.59. The van der Waals surface area contributed by atoms with E-state index in [0.29, 0.717) is 6.61 Å². The average molecular weight is 314 g/mol. The lowest BCUT2D eigenvalue weighted by Gasteiger charge is -2.16. The van der Waals surface area contributed by atoms with Crippen molar-refractivity contribution in [3.63, 3.8) is 0 Å². The molecule has 2 aromatic carbocycles. The van der Waals surface area contributed by atoms with Gasteiger partial charge in [-0.2, -0.15) is 0 Å². The Kier molecular flexibility index (Phi) is 6.95. The molecule has 0 radical (unpaired) electrons. The Morgan fingerprint density at radius 2 is 1.74 bits per heavy atom. The van der Waals surface area contributed by atoms with Crippen molar-refractivity contribution < 1.29 is 14.4 Å². The van der Waals surface area contributed by atoms with E-state index in [1.54, 1.807) is 7.11 Å². The molecule has 0 amide bonds. The Hall–Kier alpha value is -2.00. The number of hydrogen-bond donors (Lipinski definition) is 1. The van der Waals surface area contributed by atoms with Crippen LogP contribution < -0.4 is 14.4 Å². The maximum atomic E-state index is 5.91. The highest BCUT2D eigenvalue weighted by atomic mass is 16.5.